The van der Waals surface area contributed by atoms with E-state index in [9.17, 15) is 9.59 Å². The second-order valence-corrected chi connectivity index (χ2v) is 9.87. The topological polar surface area (TPSA) is 71.0 Å². The first-order valence-electron chi connectivity index (χ1n) is 10.9. The van der Waals surface area contributed by atoms with Gasteiger partial charge >= 0.3 is 0 Å². The molecule has 0 radical (unpaired) electrons. The number of nitrogens with one attached hydrogen (secondary N) is 1. The Bertz CT molecular complexity index is 1250. The third kappa shape index (κ3) is 6.78. The van der Waals surface area contributed by atoms with E-state index in [2.05, 4.69) is 10.3 Å². The Hall–Kier alpha value is -3.00. The minimum Gasteiger partial charge on any atom is -0.497 e. The molecule has 1 saturated heterocycles. The number of aliphatic imine (C=N–C) groups is 1. The first-order chi connectivity index (χ1) is 16.9. The summed E-state index contributed by atoms with van der Waals surface area (Å²) in [5.74, 6) is 0.198. The monoisotopic (exact) mass is 527 g/mol. The number of methoxy groups -OCH3 is 1. The van der Waals surface area contributed by atoms with Gasteiger partial charge in [-0.05, 0) is 54.4 Å². The van der Waals surface area contributed by atoms with Crippen molar-refractivity contribution in [1.29, 1.82) is 0 Å². The lowest BCUT2D eigenvalue weighted by Gasteiger charge is -2.32. The summed E-state index contributed by atoms with van der Waals surface area (Å²) in [7, 11) is 1.56. The molecule has 4 rings (SSSR count). The lowest BCUT2D eigenvalue weighted by Crippen LogP contribution is -2.46. The number of rotatable bonds is 7. The molecule has 1 aliphatic heterocycles. The number of hydrogen-bond donors (Lipinski definition) is 1. The fraction of sp³-hybridized carbons (Fsp3) is 0.192. The number of amidine groups is 1. The molecule has 1 aliphatic rings. The second kappa shape index (κ2) is 11.6. The SMILES string of the molecule is COc1cccc(NC(=O)C2CC(=O)N(CCc3ccc(Cl)cc3)C(=Nc3cccc(Cl)c3)S2)c1. The minimum atomic E-state index is -0.626. The van der Waals surface area contributed by atoms with Crippen molar-refractivity contribution < 1.29 is 14.3 Å². The molecule has 1 N–H and O–H groups in total. The number of nitrogens with zero attached hydrogens (tertiary/aromatic N) is 2. The smallest absolute Gasteiger partial charge is 0.238 e. The van der Waals surface area contributed by atoms with E-state index in [-0.39, 0.29) is 18.2 Å². The Morgan fingerprint density at radius 2 is 1.86 bits per heavy atom. The van der Waals surface area contributed by atoms with Gasteiger partial charge in [0.15, 0.2) is 5.17 Å². The van der Waals surface area contributed by atoms with Gasteiger partial charge in [-0.3, -0.25) is 14.5 Å². The number of benzene rings is 3. The van der Waals surface area contributed by atoms with Crippen molar-refractivity contribution in [1.82, 2.24) is 4.90 Å². The molecule has 1 atom stereocenters. The third-order valence-corrected chi connectivity index (χ3v) is 7.01. The zero-order valence-corrected chi connectivity index (χ0v) is 21.2. The van der Waals surface area contributed by atoms with Crippen LogP contribution in [-0.4, -0.2) is 40.8 Å². The quantitative estimate of drug-likeness (QED) is 0.396. The molecule has 0 bridgehead atoms. The van der Waals surface area contributed by atoms with E-state index in [4.69, 9.17) is 27.9 Å². The average Bonchev–Trinajstić information content (AvgIpc) is 2.84. The van der Waals surface area contributed by atoms with E-state index in [1.165, 1.54) is 11.8 Å². The van der Waals surface area contributed by atoms with Gasteiger partial charge in [-0.15, -0.1) is 0 Å². The zero-order valence-electron chi connectivity index (χ0n) is 18.9. The second-order valence-electron chi connectivity index (χ2n) is 7.83. The number of amides is 2. The summed E-state index contributed by atoms with van der Waals surface area (Å²) in [6.45, 7) is 0.428. The van der Waals surface area contributed by atoms with Crippen LogP contribution in [0.3, 0.4) is 0 Å². The number of anilines is 1. The predicted molar refractivity (Wildman–Crippen MR) is 143 cm³/mol. The summed E-state index contributed by atoms with van der Waals surface area (Å²) in [6, 6.07) is 21.7. The van der Waals surface area contributed by atoms with Crippen LogP contribution in [0.25, 0.3) is 0 Å². The number of carbonyl (C=O) groups excluding carboxylic acids is 2. The Kier molecular flexibility index (Phi) is 8.33. The molecule has 1 unspecified atom stereocenters. The van der Waals surface area contributed by atoms with Crippen LogP contribution >= 0.6 is 35.0 Å². The maximum absolute atomic E-state index is 13.2. The van der Waals surface area contributed by atoms with Crippen LogP contribution in [-0.2, 0) is 16.0 Å². The molecule has 9 heteroatoms. The van der Waals surface area contributed by atoms with Gasteiger partial charge < -0.3 is 10.1 Å². The summed E-state index contributed by atoms with van der Waals surface area (Å²) >= 11 is 13.4. The first kappa shape index (κ1) is 25.1. The Morgan fingerprint density at radius 1 is 1.09 bits per heavy atom. The van der Waals surface area contributed by atoms with E-state index in [1.54, 1.807) is 60.5 Å². The first-order valence-corrected chi connectivity index (χ1v) is 12.6. The van der Waals surface area contributed by atoms with Gasteiger partial charge in [0.2, 0.25) is 11.8 Å². The van der Waals surface area contributed by atoms with Crippen molar-refractivity contribution in [2.24, 2.45) is 4.99 Å². The molecule has 35 heavy (non-hydrogen) atoms. The highest BCUT2D eigenvalue weighted by molar-refractivity contribution is 8.15. The van der Waals surface area contributed by atoms with Crippen molar-refractivity contribution in [2.75, 3.05) is 19.0 Å². The van der Waals surface area contributed by atoms with Gasteiger partial charge in [0, 0.05) is 34.8 Å². The van der Waals surface area contributed by atoms with Gasteiger partial charge in [-0.2, -0.15) is 0 Å². The molecule has 2 amide bonds. The number of hydrogen-bond acceptors (Lipinski definition) is 5. The maximum Gasteiger partial charge on any atom is 0.238 e. The molecular formula is C26H23Cl2N3O3S. The highest BCUT2D eigenvalue weighted by atomic mass is 35.5. The normalized spacial score (nSPS) is 16.9. The van der Waals surface area contributed by atoms with E-state index < -0.39 is 5.25 Å². The molecule has 1 fully saturated rings. The summed E-state index contributed by atoms with van der Waals surface area (Å²) in [6.07, 6.45) is 0.689. The Morgan fingerprint density at radius 3 is 2.60 bits per heavy atom. The van der Waals surface area contributed by atoms with Crippen LogP contribution in [0.4, 0.5) is 11.4 Å². The van der Waals surface area contributed by atoms with Crippen molar-refractivity contribution in [3.8, 4) is 5.75 Å². The van der Waals surface area contributed by atoms with Gasteiger partial charge in [0.05, 0.1) is 12.8 Å². The van der Waals surface area contributed by atoms with Gasteiger partial charge in [-0.1, -0.05) is 59.2 Å². The number of halogens is 2. The summed E-state index contributed by atoms with van der Waals surface area (Å²) in [5, 5.41) is 3.91. The molecule has 3 aromatic rings. The lowest BCUT2D eigenvalue weighted by atomic mass is 10.1. The standard InChI is InChI=1S/C26H23Cl2N3O3S/c1-34-22-7-3-6-21(15-22)29-25(33)23-16-24(32)31(13-12-17-8-10-18(27)11-9-17)26(35-23)30-20-5-2-4-19(28)14-20/h2-11,14-15,23H,12-13,16H2,1H3,(H,29,33). The fourth-order valence-corrected chi connectivity index (χ4v) is 4.97. The Balaban J connectivity index is 1.55. The molecule has 6 nitrogen and oxygen atoms in total. The average molecular weight is 528 g/mol. The van der Waals surface area contributed by atoms with Crippen molar-refractivity contribution >= 4 is 63.3 Å². The van der Waals surface area contributed by atoms with Crippen LogP contribution in [0.1, 0.15) is 12.0 Å². The fourth-order valence-electron chi connectivity index (χ4n) is 3.53. The van der Waals surface area contributed by atoms with Gasteiger partial charge in [0.25, 0.3) is 0 Å². The van der Waals surface area contributed by atoms with Crippen LogP contribution in [0, 0.1) is 0 Å². The summed E-state index contributed by atoms with van der Waals surface area (Å²) in [5.41, 5.74) is 2.26. The van der Waals surface area contributed by atoms with Crippen LogP contribution < -0.4 is 10.1 Å². The van der Waals surface area contributed by atoms with E-state index in [1.807, 2.05) is 24.3 Å². The largest absolute Gasteiger partial charge is 0.497 e. The number of ether oxygens (including phenoxy) is 1. The van der Waals surface area contributed by atoms with Crippen LogP contribution in [0.15, 0.2) is 77.8 Å². The van der Waals surface area contributed by atoms with Crippen molar-refractivity contribution in [3.63, 3.8) is 0 Å². The zero-order chi connectivity index (χ0) is 24.8. The Labute approximate surface area is 218 Å². The highest BCUT2D eigenvalue weighted by Gasteiger charge is 2.35. The third-order valence-electron chi connectivity index (χ3n) is 5.34. The lowest BCUT2D eigenvalue weighted by molar-refractivity contribution is -0.129. The van der Waals surface area contributed by atoms with Crippen LogP contribution in [0.5, 0.6) is 5.75 Å². The highest BCUT2D eigenvalue weighted by Crippen LogP contribution is 2.31. The summed E-state index contributed by atoms with van der Waals surface area (Å²) in [4.78, 5) is 32.6. The van der Waals surface area contributed by atoms with Gasteiger partial charge in [0.1, 0.15) is 11.0 Å². The molecule has 1 heterocycles. The maximum atomic E-state index is 13.2. The molecule has 0 saturated carbocycles. The number of thioether (sulfide) groups is 1. The van der Waals surface area contributed by atoms with E-state index >= 15 is 0 Å². The molecule has 0 aliphatic carbocycles. The molecule has 180 valence electrons. The molecule has 0 aromatic heterocycles. The van der Waals surface area contributed by atoms with Gasteiger partial charge in [-0.25, -0.2) is 4.99 Å². The number of carbonyl (C=O) groups is 2. The predicted octanol–water partition coefficient (Wildman–Crippen LogP) is 6.21. The van der Waals surface area contributed by atoms with Crippen LogP contribution in [0.2, 0.25) is 10.0 Å². The minimum absolute atomic E-state index is 0.0651. The molecule has 0 spiro atoms. The summed E-state index contributed by atoms with van der Waals surface area (Å²) < 4.78 is 5.22. The van der Waals surface area contributed by atoms with Crippen molar-refractivity contribution in [2.45, 2.75) is 18.1 Å². The van der Waals surface area contributed by atoms with E-state index in [0.717, 1.165) is 5.56 Å². The van der Waals surface area contributed by atoms with E-state index in [0.29, 0.717) is 45.3 Å². The molecular weight excluding hydrogens is 505 g/mol. The van der Waals surface area contributed by atoms with Crippen molar-refractivity contribution in [3.05, 3.63) is 88.4 Å². The molecule has 3 aromatic carbocycles.